The number of hydrogen-bond acceptors (Lipinski definition) is 6. The molecule has 2 aromatic heterocycles. The zero-order valence-corrected chi connectivity index (χ0v) is 19.7. The minimum absolute atomic E-state index is 0.459. The van der Waals surface area contributed by atoms with Gasteiger partial charge in [0.2, 0.25) is 0 Å². The molecule has 0 fully saturated rings. The van der Waals surface area contributed by atoms with Gasteiger partial charge in [-0.1, -0.05) is 18.2 Å². The number of unbranched alkanes of at least 4 members (excludes halogenated alkanes) is 1. The van der Waals surface area contributed by atoms with Crippen molar-refractivity contribution in [2.45, 2.75) is 33.1 Å². The molecule has 2 heterocycles. The molecule has 172 valence electrons. The predicted octanol–water partition coefficient (Wildman–Crippen LogP) is 6.63. The molecule has 2 aromatic carbocycles. The van der Waals surface area contributed by atoms with Crippen molar-refractivity contribution < 1.29 is 4.42 Å². The second-order valence-corrected chi connectivity index (χ2v) is 8.25. The highest BCUT2D eigenvalue weighted by Crippen LogP contribution is 2.32. The number of nitrogens with zero attached hydrogens (tertiary/aromatic N) is 4. The smallest absolute Gasteiger partial charge is 0.135 e. The van der Waals surface area contributed by atoms with Crippen molar-refractivity contribution in [1.82, 2.24) is 9.97 Å². The average Bonchev–Trinajstić information content (AvgIpc) is 3.39. The molecule has 0 spiro atoms. The van der Waals surface area contributed by atoms with Crippen molar-refractivity contribution in [3.05, 3.63) is 113 Å². The minimum Gasteiger partial charge on any atom is -0.464 e. The summed E-state index contributed by atoms with van der Waals surface area (Å²) in [6.45, 7) is 4.12. The molecule has 0 saturated heterocycles. The summed E-state index contributed by atoms with van der Waals surface area (Å²) in [5.74, 6) is 2.20. The molecule has 0 bridgehead atoms. The minimum atomic E-state index is 0.459. The van der Waals surface area contributed by atoms with Crippen LogP contribution in [0.3, 0.4) is 0 Å². The number of aromatic nitrogens is 2. The summed E-state index contributed by atoms with van der Waals surface area (Å²) in [6, 6.07) is 21.7. The number of hydrogen-bond donors (Lipinski definition) is 1. The first-order valence-electron chi connectivity index (χ1n) is 11.4. The van der Waals surface area contributed by atoms with E-state index in [4.69, 9.17) is 19.9 Å². The quantitative estimate of drug-likeness (QED) is 0.297. The molecule has 4 aromatic rings. The number of allylic oxidation sites excluding steroid dienone is 1. The topological polar surface area (TPSA) is 98.5 Å². The number of aryl methyl sites for hydroxylation is 2. The summed E-state index contributed by atoms with van der Waals surface area (Å²) in [5, 5.41) is 21.4. The van der Waals surface area contributed by atoms with Crippen molar-refractivity contribution in [3.63, 3.8) is 0 Å². The van der Waals surface area contributed by atoms with E-state index in [0.717, 1.165) is 45.1 Å². The molecule has 1 N–H and O–H groups in total. The molecule has 6 heteroatoms. The van der Waals surface area contributed by atoms with E-state index >= 15 is 0 Å². The fraction of sp³-hybridized carbons (Fsp3) is 0.172. The van der Waals surface area contributed by atoms with E-state index in [9.17, 15) is 0 Å². The molecule has 0 saturated carbocycles. The van der Waals surface area contributed by atoms with Crippen molar-refractivity contribution in [2.75, 3.05) is 5.32 Å². The Hall–Kier alpha value is -4.68. The van der Waals surface area contributed by atoms with Gasteiger partial charge in [0.1, 0.15) is 17.4 Å². The molecule has 0 amide bonds. The average molecular weight is 460 g/mol. The third-order valence-corrected chi connectivity index (χ3v) is 5.64. The van der Waals surface area contributed by atoms with Gasteiger partial charge in [-0.3, -0.25) is 0 Å². The van der Waals surface area contributed by atoms with E-state index in [2.05, 4.69) is 54.5 Å². The number of rotatable bonds is 8. The summed E-state index contributed by atoms with van der Waals surface area (Å²) in [4.78, 5) is 9.10. The lowest BCUT2D eigenvalue weighted by Crippen LogP contribution is -2.03. The highest BCUT2D eigenvalue weighted by Gasteiger charge is 2.13. The Morgan fingerprint density at radius 2 is 1.83 bits per heavy atom. The van der Waals surface area contributed by atoms with Gasteiger partial charge in [-0.25, -0.2) is 9.97 Å². The first-order chi connectivity index (χ1) is 17.1. The second kappa shape index (κ2) is 11.0. The van der Waals surface area contributed by atoms with Crippen LogP contribution in [-0.4, -0.2) is 9.97 Å². The zero-order valence-electron chi connectivity index (χ0n) is 19.7. The van der Waals surface area contributed by atoms with Crippen LogP contribution >= 0.6 is 0 Å². The van der Waals surface area contributed by atoms with Crippen LogP contribution in [0.1, 0.15) is 52.2 Å². The Balaban J connectivity index is 1.57. The second-order valence-electron chi connectivity index (χ2n) is 8.25. The summed E-state index contributed by atoms with van der Waals surface area (Å²) >= 11 is 0. The maximum Gasteiger partial charge on any atom is 0.135 e. The van der Waals surface area contributed by atoms with Crippen LogP contribution in [0.5, 0.6) is 0 Å². The van der Waals surface area contributed by atoms with Crippen LogP contribution in [0.15, 0.2) is 77.6 Å². The van der Waals surface area contributed by atoms with Gasteiger partial charge in [-0.15, -0.1) is 0 Å². The van der Waals surface area contributed by atoms with E-state index in [0.29, 0.717) is 30.7 Å². The molecular weight excluding hydrogens is 434 g/mol. The fourth-order valence-electron chi connectivity index (χ4n) is 3.95. The van der Waals surface area contributed by atoms with Crippen LogP contribution < -0.4 is 5.32 Å². The Labute approximate surface area is 205 Å². The summed E-state index contributed by atoms with van der Waals surface area (Å²) in [7, 11) is 0. The zero-order chi connectivity index (χ0) is 24.6. The molecule has 0 atom stereocenters. The number of nitriles is 2. The molecule has 0 aliphatic rings. The van der Waals surface area contributed by atoms with E-state index in [-0.39, 0.29) is 0 Å². The SMILES string of the molecule is Cc1cc(/C(=C\CCC#N)c2ccco2)cc(C)c1Nc1ccnc(Cc2ccc(C#N)cc2)n1. The lowest BCUT2D eigenvalue weighted by atomic mass is 9.96. The van der Waals surface area contributed by atoms with Crippen molar-refractivity contribution >= 4 is 17.1 Å². The summed E-state index contributed by atoms with van der Waals surface area (Å²) in [6.07, 6.45) is 7.17. The molecular formula is C29H25N5O. The Morgan fingerprint density at radius 1 is 1.06 bits per heavy atom. The van der Waals surface area contributed by atoms with Gasteiger partial charge in [0.05, 0.1) is 24.0 Å². The van der Waals surface area contributed by atoms with E-state index < -0.39 is 0 Å². The highest BCUT2D eigenvalue weighted by atomic mass is 16.3. The Kier molecular flexibility index (Phi) is 7.35. The fourth-order valence-corrected chi connectivity index (χ4v) is 3.95. The van der Waals surface area contributed by atoms with Crippen LogP contribution in [0.4, 0.5) is 11.5 Å². The van der Waals surface area contributed by atoms with Gasteiger partial charge in [-0.2, -0.15) is 10.5 Å². The molecule has 0 aliphatic heterocycles. The van der Waals surface area contributed by atoms with Gasteiger partial charge in [0, 0.05) is 30.3 Å². The number of furan rings is 1. The first-order valence-corrected chi connectivity index (χ1v) is 11.4. The number of anilines is 2. The summed E-state index contributed by atoms with van der Waals surface area (Å²) < 4.78 is 5.66. The monoisotopic (exact) mass is 459 g/mol. The molecule has 0 unspecified atom stereocenters. The van der Waals surface area contributed by atoms with E-state index in [1.165, 1.54) is 0 Å². The largest absolute Gasteiger partial charge is 0.464 e. The Morgan fingerprint density at radius 3 is 2.49 bits per heavy atom. The van der Waals surface area contributed by atoms with E-state index in [1.54, 1.807) is 24.6 Å². The van der Waals surface area contributed by atoms with Gasteiger partial charge < -0.3 is 9.73 Å². The third-order valence-electron chi connectivity index (χ3n) is 5.64. The van der Waals surface area contributed by atoms with Gasteiger partial charge in [0.15, 0.2) is 0 Å². The number of nitrogens with one attached hydrogen (secondary N) is 1. The maximum atomic E-state index is 8.98. The van der Waals surface area contributed by atoms with Crippen LogP contribution in [0.25, 0.3) is 5.57 Å². The summed E-state index contributed by atoms with van der Waals surface area (Å²) in [5.41, 5.74) is 6.85. The van der Waals surface area contributed by atoms with Crippen molar-refractivity contribution in [2.24, 2.45) is 0 Å². The highest BCUT2D eigenvalue weighted by molar-refractivity contribution is 5.80. The third kappa shape index (κ3) is 5.82. The molecule has 6 nitrogen and oxygen atoms in total. The standard InChI is InChI=1S/C29H25N5O/c1-20-16-24(25(6-3-4-13-30)26-7-5-15-35-26)17-21(2)29(20)34-27-12-14-32-28(33-27)18-22-8-10-23(19-31)11-9-22/h5-12,14-17H,3-4,18H2,1-2H3,(H,32,33,34)/b25-6+. The molecule has 4 rings (SSSR count). The molecule has 0 aliphatic carbocycles. The van der Waals surface area contributed by atoms with E-state index in [1.807, 2.05) is 30.3 Å². The lowest BCUT2D eigenvalue weighted by Gasteiger charge is -2.16. The molecule has 0 radical (unpaired) electrons. The Bertz CT molecular complexity index is 1400. The maximum absolute atomic E-state index is 8.98. The van der Waals surface area contributed by atoms with Gasteiger partial charge in [0.25, 0.3) is 0 Å². The first kappa shape index (κ1) is 23.5. The normalized spacial score (nSPS) is 11.0. The van der Waals surface area contributed by atoms with Crippen LogP contribution in [-0.2, 0) is 6.42 Å². The van der Waals surface area contributed by atoms with Crippen molar-refractivity contribution in [3.8, 4) is 12.1 Å². The molecule has 35 heavy (non-hydrogen) atoms. The van der Waals surface area contributed by atoms with Gasteiger partial charge in [-0.05, 0) is 85.0 Å². The van der Waals surface area contributed by atoms with Crippen LogP contribution in [0.2, 0.25) is 0 Å². The van der Waals surface area contributed by atoms with Crippen LogP contribution in [0, 0.1) is 36.5 Å². The predicted molar refractivity (Wildman–Crippen MR) is 136 cm³/mol. The van der Waals surface area contributed by atoms with Gasteiger partial charge >= 0.3 is 0 Å². The lowest BCUT2D eigenvalue weighted by molar-refractivity contribution is 0.553. The van der Waals surface area contributed by atoms with Crippen molar-refractivity contribution in [1.29, 1.82) is 10.5 Å². The number of benzene rings is 2.